The first-order chi connectivity index (χ1) is 9.61. The average Bonchev–Trinajstić information content (AvgIpc) is 2.45. The van der Waals surface area contributed by atoms with Gasteiger partial charge in [-0.1, -0.05) is 19.3 Å². The summed E-state index contributed by atoms with van der Waals surface area (Å²) in [6.45, 7) is 3.22. The number of benzene rings is 1. The lowest BCUT2D eigenvalue weighted by molar-refractivity contribution is 0.280. The van der Waals surface area contributed by atoms with E-state index < -0.39 is 0 Å². The van der Waals surface area contributed by atoms with E-state index in [4.69, 9.17) is 4.74 Å². The van der Waals surface area contributed by atoms with Gasteiger partial charge in [0, 0.05) is 12.6 Å². The Morgan fingerprint density at radius 3 is 2.35 bits per heavy atom. The van der Waals surface area contributed by atoms with Crippen molar-refractivity contribution in [1.82, 2.24) is 5.32 Å². The Labute approximate surface area is 138 Å². The smallest absolute Gasteiger partial charge is 0.147 e. The van der Waals surface area contributed by atoms with Gasteiger partial charge < -0.3 is 10.1 Å². The second kappa shape index (κ2) is 7.81. The molecular formula is C16H23Br2NO. The second-order valence-corrected chi connectivity index (χ2v) is 7.37. The molecule has 0 aromatic heterocycles. The van der Waals surface area contributed by atoms with E-state index in [1.165, 1.54) is 37.7 Å². The fraction of sp³-hybridized carbons (Fsp3) is 0.625. The van der Waals surface area contributed by atoms with E-state index in [0.717, 1.165) is 27.2 Å². The van der Waals surface area contributed by atoms with Crippen LogP contribution in [-0.4, -0.2) is 13.2 Å². The van der Waals surface area contributed by atoms with Gasteiger partial charge >= 0.3 is 0 Å². The van der Waals surface area contributed by atoms with Crippen molar-refractivity contribution in [3.8, 4) is 5.75 Å². The molecule has 1 saturated carbocycles. The van der Waals surface area contributed by atoms with Crippen molar-refractivity contribution in [2.45, 2.75) is 51.6 Å². The van der Waals surface area contributed by atoms with Crippen LogP contribution >= 0.6 is 31.9 Å². The Bertz CT molecular complexity index is 421. The third-order valence-electron chi connectivity index (χ3n) is 4.25. The molecule has 2 nitrogen and oxygen atoms in total. The molecule has 0 saturated heterocycles. The molecule has 1 aromatic carbocycles. The van der Waals surface area contributed by atoms with Crippen molar-refractivity contribution in [1.29, 1.82) is 0 Å². The van der Waals surface area contributed by atoms with Crippen LogP contribution in [-0.2, 0) is 6.54 Å². The molecule has 1 aliphatic carbocycles. The van der Waals surface area contributed by atoms with Crippen molar-refractivity contribution in [2.24, 2.45) is 5.92 Å². The van der Waals surface area contributed by atoms with E-state index in [9.17, 15) is 0 Å². The average molecular weight is 405 g/mol. The van der Waals surface area contributed by atoms with Gasteiger partial charge in [-0.3, -0.25) is 0 Å². The SMILES string of the molecule is COc1c(Br)cc(CNC(C)C2CCCCC2)cc1Br. The summed E-state index contributed by atoms with van der Waals surface area (Å²) < 4.78 is 7.33. The monoisotopic (exact) mass is 403 g/mol. The molecule has 20 heavy (non-hydrogen) atoms. The topological polar surface area (TPSA) is 21.3 Å². The summed E-state index contributed by atoms with van der Waals surface area (Å²) in [5, 5.41) is 3.68. The zero-order valence-corrected chi connectivity index (χ0v) is 15.4. The number of hydrogen-bond donors (Lipinski definition) is 1. The third-order valence-corrected chi connectivity index (χ3v) is 5.43. The molecule has 0 spiro atoms. The lowest BCUT2D eigenvalue weighted by atomic mass is 9.84. The van der Waals surface area contributed by atoms with Crippen molar-refractivity contribution < 1.29 is 4.74 Å². The number of rotatable bonds is 5. The first-order valence-electron chi connectivity index (χ1n) is 7.37. The number of ether oxygens (including phenoxy) is 1. The van der Waals surface area contributed by atoms with Crippen LogP contribution in [0.25, 0.3) is 0 Å². The molecule has 0 heterocycles. The van der Waals surface area contributed by atoms with Gasteiger partial charge in [0.25, 0.3) is 0 Å². The Morgan fingerprint density at radius 2 is 1.80 bits per heavy atom. The minimum Gasteiger partial charge on any atom is -0.494 e. The van der Waals surface area contributed by atoms with Crippen LogP contribution in [0, 0.1) is 5.92 Å². The summed E-state index contributed by atoms with van der Waals surface area (Å²) in [7, 11) is 1.69. The van der Waals surface area contributed by atoms with Crippen LogP contribution in [0.4, 0.5) is 0 Å². The molecule has 1 fully saturated rings. The maximum absolute atomic E-state index is 5.34. The highest BCUT2D eigenvalue weighted by atomic mass is 79.9. The van der Waals surface area contributed by atoms with Gasteiger partial charge in [-0.15, -0.1) is 0 Å². The van der Waals surface area contributed by atoms with Gasteiger partial charge in [0.15, 0.2) is 0 Å². The summed E-state index contributed by atoms with van der Waals surface area (Å²) >= 11 is 7.12. The summed E-state index contributed by atoms with van der Waals surface area (Å²) in [5.74, 6) is 1.70. The van der Waals surface area contributed by atoms with E-state index >= 15 is 0 Å². The van der Waals surface area contributed by atoms with Crippen LogP contribution in [0.3, 0.4) is 0 Å². The Morgan fingerprint density at radius 1 is 1.20 bits per heavy atom. The van der Waals surface area contributed by atoms with E-state index in [-0.39, 0.29) is 0 Å². The highest BCUT2D eigenvalue weighted by molar-refractivity contribution is 9.11. The Balaban J connectivity index is 1.93. The fourth-order valence-corrected chi connectivity index (χ4v) is 4.59. The van der Waals surface area contributed by atoms with Gasteiger partial charge in [-0.2, -0.15) is 0 Å². The standard InChI is InChI=1S/C16H23Br2NO/c1-11(13-6-4-3-5-7-13)19-10-12-8-14(17)16(20-2)15(18)9-12/h8-9,11,13,19H,3-7,10H2,1-2H3. The van der Waals surface area contributed by atoms with E-state index in [2.05, 4.69) is 56.2 Å². The van der Waals surface area contributed by atoms with Crippen molar-refractivity contribution >= 4 is 31.9 Å². The fourth-order valence-electron chi connectivity index (χ4n) is 2.99. The van der Waals surface area contributed by atoms with Crippen LogP contribution in [0.15, 0.2) is 21.1 Å². The molecule has 112 valence electrons. The lowest BCUT2D eigenvalue weighted by Crippen LogP contribution is -2.34. The molecule has 0 radical (unpaired) electrons. The summed E-state index contributed by atoms with van der Waals surface area (Å²) in [6.07, 6.45) is 6.97. The van der Waals surface area contributed by atoms with Crippen LogP contribution < -0.4 is 10.1 Å². The van der Waals surface area contributed by atoms with Gasteiger partial charge in [-0.05, 0) is 75.2 Å². The summed E-state index contributed by atoms with van der Waals surface area (Å²) in [6, 6.07) is 4.85. The molecule has 0 amide bonds. The van der Waals surface area contributed by atoms with Crippen molar-refractivity contribution in [2.75, 3.05) is 7.11 Å². The highest BCUT2D eigenvalue weighted by Crippen LogP contribution is 2.34. The zero-order valence-electron chi connectivity index (χ0n) is 12.2. The minimum atomic E-state index is 0.593. The van der Waals surface area contributed by atoms with Crippen LogP contribution in [0.1, 0.15) is 44.6 Å². The lowest BCUT2D eigenvalue weighted by Gasteiger charge is -2.28. The Hall–Kier alpha value is -0.0600. The molecule has 4 heteroatoms. The first kappa shape index (κ1) is 16.3. The van der Waals surface area contributed by atoms with Gasteiger partial charge in [0.1, 0.15) is 5.75 Å². The largest absolute Gasteiger partial charge is 0.494 e. The van der Waals surface area contributed by atoms with E-state index in [1.807, 2.05) is 0 Å². The molecule has 0 aliphatic heterocycles. The normalized spacial score (nSPS) is 18.0. The van der Waals surface area contributed by atoms with E-state index in [1.54, 1.807) is 7.11 Å². The van der Waals surface area contributed by atoms with E-state index in [0.29, 0.717) is 6.04 Å². The molecule has 1 aliphatic rings. The quantitative estimate of drug-likeness (QED) is 0.720. The van der Waals surface area contributed by atoms with Crippen LogP contribution in [0.5, 0.6) is 5.75 Å². The first-order valence-corrected chi connectivity index (χ1v) is 8.95. The van der Waals surface area contributed by atoms with Gasteiger partial charge in [-0.25, -0.2) is 0 Å². The highest BCUT2D eigenvalue weighted by Gasteiger charge is 2.19. The third kappa shape index (κ3) is 4.22. The van der Waals surface area contributed by atoms with Crippen molar-refractivity contribution in [3.05, 3.63) is 26.6 Å². The van der Waals surface area contributed by atoms with Gasteiger partial charge in [0.2, 0.25) is 0 Å². The summed E-state index contributed by atoms with van der Waals surface area (Å²) in [4.78, 5) is 0. The predicted octanol–water partition coefficient (Wildman–Crippen LogP) is 5.28. The zero-order chi connectivity index (χ0) is 14.5. The number of halogens is 2. The minimum absolute atomic E-state index is 0.593. The molecule has 1 unspecified atom stereocenters. The molecule has 1 N–H and O–H groups in total. The molecule has 0 bridgehead atoms. The number of hydrogen-bond acceptors (Lipinski definition) is 2. The number of methoxy groups -OCH3 is 1. The van der Waals surface area contributed by atoms with Gasteiger partial charge in [0.05, 0.1) is 16.1 Å². The molecule has 2 rings (SSSR count). The Kier molecular flexibility index (Phi) is 6.37. The molecule has 1 atom stereocenters. The van der Waals surface area contributed by atoms with Crippen LogP contribution in [0.2, 0.25) is 0 Å². The maximum Gasteiger partial charge on any atom is 0.147 e. The number of nitrogens with one attached hydrogen (secondary N) is 1. The summed E-state index contributed by atoms with van der Waals surface area (Å²) in [5.41, 5.74) is 1.27. The second-order valence-electron chi connectivity index (χ2n) is 5.66. The molecule has 1 aromatic rings. The predicted molar refractivity (Wildman–Crippen MR) is 91.3 cm³/mol. The maximum atomic E-state index is 5.34. The molecular weight excluding hydrogens is 382 g/mol. The van der Waals surface area contributed by atoms with Crippen molar-refractivity contribution in [3.63, 3.8) is 0 Å².